The average Bonchev–Trinajstić information content (AvgIpc) is 2.05. The van der Waals surface area contributed by atoms with Gasteiger partial charge in [-0.05, 0) is 18.8 Å². The van der Waals surface area contributed by atoms with Gasteiger partial charge in [-0.1, -0.05) is 35.2 Å². The van der Waals surface area contributed by atoms with Gasteiger partial charge in [-0.3, -0.25) is 0 Å². The molecule has 1 rings (SSSR count). The molecule has 0 aromatic carbocycles. The van der Waals surface area contributed by atoms with E-state index in [-0.39, 0.29) is 4.83 Å². The SMILES string of the molecule is O=CC(Br)C1CCCCC1. The van der Waals surface area contributed by atoms with Gasteiger partial charge in [-0.15, -0.1) is 0 Å². The zero-order valence-electron chi connectivity index (χ0n) is 6.05. The molecule has 10 heavy (non-hydrogen) atoms. The fraction of sp³-hybridized carbons (Fsp3) is 0.875. The van der Waals surface area contributed by atoms with E-state index in [1.54, 1.807) is 0 Å². The topological polar surface area (TPSA) is 17.1 Å². The lowest BCUT2D eigenvalue weighted by Gasteiger charge is -2.22. The summed E-state index contributed by atoms with van der Waals surface area (Å²) in [6, 6.07) is 0. The number of halogens is 1. The molecular formula is C8H13BrO. The second-order valence-corrected chi connectivity index (χ2v) is 4.04. The minimum absolute atomic E-state index is 0.118. The van der Waals surface area contributed by atoms with Crippen molar-refractivity contribution in [2.75, 3.05) is 0 Å². The summed E-state index contributed by atoms with van der Waals surface area (Å²) in [5, 5.41) is 0. The van der Waals surface area contributed by atoms with Gasteiger partial charge in [0.2, 0.25) is 0 Å². The van der Waals surface area contributed by atoms with Gasteiger partial charge in [0.15, 0.2) is 0 Å². The van der Waals surface area contributed by atoms with E-state index in [9.17, 15) is 4.79 Å². The summed E-state index contributed by atoms with van der Waals surface area (Å²) in [6.07, 6.45) is 7.45. The number of aldehydes is 1. The van der Waals surface area contributed by atoms with E-state index in [1.165, 1.54) is 32.1 Å². The first-order chi connectivity index (χ1) is 4.84. The van der Waals surface area contributed by atoms with Crippen molar-refractivity contribution < 1.29 is 4.79 Å². The molecule has 0 spiro atoms. The lowest BCUT2D eigenvalue weighted by Crippen LogP contribution is -2.18. The van der Waals surface area contributed by atoms with Crippen LogP contribution in [0.15, 0.2) is 0 Å². The van der Waals surface area contributed by atoms with Crippen molar-refractivity contribution in [2.45, 2.75) is 36.9 Å². The van der Waals surface area contributed by atoms with Gasteiger partial charge in [0.25, 0.3) is 0 Å². The van der Waals surface area contributed by atoms with Gasteiger partial charge in [0.1, 0.15) is 6.29 Å². The van der Waals surface area contributed by atoms with Gasteiger partial charge in [0.05, 0.1) is 4.83 Å². The summed E-state index contributed by atoms with van der Waals surface area (Å²) in [5.74, 6) is 0.617. The molecule has 0 bridgehead atoms. The maximum Gasteiger partial charge on any atom is 0.133 e. The zero-order chi connectivity index (χ0) is 7.40. The third-order valence-electron chi connectivity index (χ3n) is 2.23. The summed E-state index contributed by atoms with van der Waals surface area (Å²) in [5.41, 5.74) is 0. The quantitative estimate of drug-likeness (QED) is 0.500. The standard InChI is InChI=1S/C8H13BrO/c9-8(6-10)7-4-2-1-3-5-7/h6-8H,1-5H2. The molecule has 1 aliphatic carbocycles. The maximum atomic E-state index is 10.4. The Morgan fingerprint density at radius 2 is 1.90 bits per heavy atom. The predicted molar refractivity (Wildman–Crippen MR) is 45.4 cm³/mol. The molecule has 0 aliphatic heterocycles. The lowest BCUT2D eigenvalue weighted by molar-refractivity contribution is -0.108. The Balaban J connectivity index is 2.30. The number of carbonyl (C=O) groups is 1. The molecule has 1 atom stereocenters. The molecule has 0 amide bonds. The fourth-order valence-corrected chi connectivity index (χ4v) is 2.09. The molecule has 0 radical (unpaired) electrons. The number of carbonyl (C=O) groups excluding carboxylic acids is 1. The largest absolute Gasteiger partial charge is 0.302 e. The van der Waals surface area contributed by atoms with Crippen LogP contribution in [0.1, 0.15) is 32.1 Å². The van der Waals surface area contributed by atoms with Crippen molar-refractivity contribution in [3.05, 3.63) is 0 Å². The summed E-state index contributed by atoms with van der Waals surface area (Å²) >= 11 is 3.37. The Morgan fingerprint density at radius 1 is 1.30 bits per heavy atom. The van der Waals surface area contributed by atoms with Crippen LogP contribution in [0.3, 0.4) is 0 Å². The smallest absolute Gasteiger partial charge is 0.133 e. The Hall–Kier alpha value is 0.150. The van der Waals surface area contributed by atoms with Crippen LogP contribution >= 0.6 is 15.9 Å². The second kappa shape index (κ2) is 4.12. The highest BCUT2D eigenvalue weighted by atomic mass is 79.9. The van der Waals surface area contributed by atoms with Crippen LogP contribution in [0.5, 0.6) is 0 Å². The normalized spacial score (nSPS) is 24.1. The first-order valence-corrected chi connectivity index (χ1v) is 4.85. The van der Waals surface area contributed by atoms with Crippen LogP contribution in [-0.2, 0) is 4.79 Å². The van der Waals surface area contributed by atoms with E-state index in [0.29, 0.717) is 5.92 Å². The average molecular weight is 205 g/mol. The van der Waals surface area contributed by atoms with E-state index in [2.05, 4.69) is 15.9 Å². The van der Waals surface area contributed by atoms with Crippen molar-refractivity contribution in [3.8, 4) is 0 Å². The highest BCUT2D eigenvalue weighted by molar-refractivity contribution is 9.09. The molecule has 58 valence electrons. The van der Waals surface area contributed by atoms with E-state index < -0.39 is 0 Å². The Bertz CT molecular complexity index is 108. The number of hydrogen-bond donors (Lipinski definition) is 0. The van der Waals surface area contributed by atoms with E-state index in [1.807, 2.05) is 0 Å². The van der Waals surface area contributed by atoms with Gasteiger partial charge in [0, 0.05) is 0 Å². The van der Waals surface area contributed by atoms with Gasteiger partial charge >= 0.3 is 0 Å². The molecule has 1 saturated carbocycles. The second-order valence-electron chi connectivity index (χ2n) is 2.98. The van der Waals surface area contributed by atoms with Gasteiger partial charge in [-0.2, -0.15) is 0 Å². The number of alkyl halides is 1. The molecule has 1 aliphatic rings. The Labute approximate surface area is 70.3 Å². The van der Waals surface area contributed by atoms with Crippen molar-refractivity contribution in [3.63, 3.8) is 0 Å². The third-order valence-corrected chi connectivity index (χ3v) is 3.19. The summed E-state index contributed by atoms with van der Waals surface area (Å²) < 4.78 is 0. The number of hydrogen-bond acceptors (Lipinski definition) is 1. The fourth-order valence-electron chi connectivity index (χ4n) is 1.56. The van der Waals surface area contributed by atoms with E-state index in [0.717, 1.165) is 6.29 Å². The third kappa shape index (κ3) is 2.08. The molecule has 0 aromatic rings. The van der Waals surface area contributed by atoms with Crippen molar-refractivity contribution in [1.29, 1.82) is 0 Å². The summed E-state index contributed by atoms with van der Waals surface area (Å²) in [7, 11) is 0. The van der Waals surface area contributed by atoms with Crippen molar-refractivity contribution in [1.82, 2.24) is 0 Å². The molecule has 0 N–H and O–H groups in total. The first-order valence-electron chi connectivity index (χ1n) is 3.94. The maximum absolute atomic E-state index is 10.4. The van der Waals surface area contributed by atoms with E-state index >= 15 is 0 Å². The Kier molecular flexibility index (Phi) is 3.40. The molecule has 1 unspecified atom stereocenters. The van der Waals surface area contributed by atoms with Crippen LogP contribution in [0, 0.1) is 5.92 Å². The molecule has 0 saturated heterocycles. The monoisotopic (exact) mass is 204 g/mol. The van der Waals surface area contributed by atoms with Crippen LogP contribution in [0.25, 0.3) is 0 Å². The first kappa shape index (κ1) is 8.25. The highest BCUT2D eigenvalue weighted by Crippen LogP contribution is 2.28. The van der Waals surface area contributed by atoms with Crippen LogP contribution < -0.4 is 0 Å². The van der Waals surface area contributed by atoms with Crippen molar-refractivity contribution >= 4 is 22.2 Å². The van der Waals surface area contributed by atoms with Crippen LogP contribution in [0.2, 0.25) is 0 Å². The van der Waals surface area contributed by atoms with Gasteiger partial charge < -0.3 is 4.79 Å². The van der Waals surface area contributed by atoms with Gasteiger partial charge in [-0.25, -0.2) is 0 Å². The van der Waals surface area contributed by atoms with Crippen LogP contribution in [-0.4, -0.2) is 11.1 Å². The summed E-state index contributed by atoms with van der Waals surface area (Å²) in [4.78, 5) is 10.5. The van der Waals surface area contributed by atoms with E-state index in [4.69, 9.17) is 0 Å². The molecule has 1 fully saturated rings. The summed E-state index contributed by atoms with van der Waals surface area (Å²) in [6.45, 7) is 0. The zero-order valence-corrected chi connectivity index (χ0v) is 7.64. The molecule has 2 heteroatoms. The molecule has 0 aromatic heterocycles. The lowest BCUT2D eigenvalue weighted by atomic mass is 9.87. The molecular weight excluding hydrogens is 192 g/mol. The molecule has 1 nitrogen and oxygen atoms in total. The van der Waals surface area contributed by atoms with Crippen LogP contribution in [0.4, 0.5) is 0 Å². The van der Waals surface area contributed by atoms with Crippen molar-refractivity contribution in [2.24, 2.45) is 5.92 Å². The number of rotatable bonds is 2. The highest BCUT2D eigenvalue weighted by Gasteiger charge is 2.20. The predicted octanol–water partition coefficient (Wildman–Crippen LogP) is 2.53. The minimum Gasteiger partial charge on any atom is -0.302 e. The molecule has 0 heterocycles. The Morgan fingerprint density at radius 3 is 2.40 bits per heavy atom. The minimum atomic E-state index is 0.118.